The van der Waals surface area contributed by atoms with Crippen LogP contribution in [0.1, 0.15) is 5.69 Å². The maximum absolute atomic E-state index is 14.0. The molecule has 3 rings (SSSR count). The predicted molar refractivity (Wildman–Crippen MR) is 108 cm³/mol. The van der Waals surface area contributed by atoms with E-state index in [1.54, 1.807) is 43.3 Å². The first kappa shape index (κ1) is 21.8. The summed E-state index contributed by atoms with van der Waals surface area (Å²) < 4.78 is 70.7. The fraction of sp³-hybridized carbons (Fsp3) is 0.250. The molecule has 0 unspecified atom stereocenters. The number of hydrogen-bond donors (Lipinski definition) is 1. The lowest BCUT2D eigenvalue weighted by molar-refractivity contribution is -0.143. The number of rotatable bonds is 7. The van der Waals surface area contributed by atoms with Gasteiger partial charge in [-0.2, -0.15) is 18.3 Å². The molecule has 0 aliphatic heterocycles. The molecular weight excluding hydrogens is 417 g/mol. The molecular formula is C20H21F3N4O2S. The molecule has 1 heterocycles. The third-order valence-corrected chi connectivity index (χ3v) is 5.68. The van der Waals surface area contributed by atoms with Crippen molar-refractivity contribution >= 4 is 15.8 Å². The fourth-order valence-corrected chi connectivity index (χ4v) is 3.97. The second kappa shape index (κ2) is 8.49. The molecule has 160 valence electrons. The molecule has 0 bridgehead atoms. The number of alkyl halides is 3. The zero-order valence-electron chi connectivity index (χ0n) is 16.4. The number of aromatic nitrogens is 2. The van der Waals surface area contributed by atoms with Crippen molar-refractivity contribution < 1.29 is 21.6 Å². The van der Waals surface area contributed by atoms with E-state index in [-0.39, 0.29) is 28.4 Å². The topological polar surface area (TPSA) is 67.2 Å². The quantitative estimate of drug-likeness (QED) is 0.607. The van der Waals surface area contributed by atoms with E-state index >= 15 is 0 Å². The summed E-state index contributed by atoms with van der Waals surface area (Å²) >= 11 is 0. The lowest BCUT2D eigenvalue weighted by Crippen LogP contribution is -2.23. The zero-order valence-corrected chi connectivity index (χ0v) is 17.2. The summed E-state index contributed by atoms with van der Waals surface area (Å²) in [6, 6.07) is 15.2. The molecule has 0 saturated heterocycles. The minimum atomic E-state index is -4.74. The third kappa shape index (κ3) is 4.82. The lowest BCUT2D eigenvalue weighted by atomic mass is 10.1. The van der Waals surface area contributed by atoms with Crippen LogP contribution in [-0.2, 0) is 22.7 Å². The second-order valence-electron chi connectivity index (χ2n) is 6.88. The number of halogens is 3. The predicted octanol–water partition coefficient (Wildman–Crippen LogP) is 3.93. The van der Waals surface area contributed by atoms with Gasteiger partial charge in [-0.05, 0) is 31.8 Å². The van der Waals surface area contributed by atoms with E-state index in [0.29, 0.717) is 6.54 Å². The van der Waals surface area contributed by atoms with E-state index in [0.717, 1.165) is 4.68 Å². The maximum atomic E-state index is 14.0. The van der Waals surface area contributed by atoms with Gasteiger partial charge in [0.05, 0.1) is 17.0 Å². The van der Waals surface area contributed by atoms with Gasteiger partial charge in [0.1, 0.15) is 0 Å². The summed E-state index contributed by atoms with van der Waals surface area (Å²) in [6.45, 7) is 0.235. The highest BCUT2D eigenvalue weighted by Crippen LogP contribution is 2.41. The Morgan fingerprint density at radius 1 is 1.00 bits per heavy atom. The van der Waals surface area contributed by atoms with Crippen LogP contribution >= 0.6 is 0 Å². The molecule has 1 N–H and O–H groups in total. The Labute approximate surface area is 173 Å². The van der Waals surface area contributed by atoms with E-state index in [1.165, 1.54) is 36.4 Å². The Bertz CT molecular complexity index is 1100. The fourth-order valence-electron chi connectivity index (χ4n) is 2.94. The molecule has 0 saturated carbocycles. The first-order chi connectivity index (χ1) is 14.1. The molecule has 0 fully saturated rings. The molecule has 1 aromatic heterocycles. The maximum Gasteiger partial charge on any atom is 0.433 e. The van der Waals surface area contributed by atoms with Crippen LogP contribution in [0.2, 0.25) is 0 Å². The van der Waals surface area contributed by atoms with Gasteiger partial charge in [0.25, 0.3) is 10.0 Å². The monoisotopic (exact) mass is 438 g/mol. The number of sulfonamides is 1. The summed E-state index contributed by atoms with van der Waals surface area (Å²) in [5.74, 6) is -0.365. The molecule has 3 aromatic rings. The summed E-state index contributed by atoms with van der Waals surface area (Å²) in [6.07, 6.45) is -4.74. The first-order valence-electron chi connectivity index (χ1n) is 9.05. The van der Waals surface area contributed by atoms with Crippen molar-refractivity contribution in [2.75, 3.05) is 25.4 Å². The summed E-state index contributed by atoms with van der Waals surface area (Å²) in [5.41, 5.74) is -1.09. The zero-order chi connectivity index (χ0) is 21.9. The van der Waals surface area contributed by atoms with Crippen LogP contribution in [0.15, 0.2) is 65.6 Å². The van der Waals surface area contributed by atoms with Crippen LogP contribution < -0.4 is 4.72 Å². The Morgan fingerprint density at radius 3 is 2.10 bits per heavy atom. The molecule has 0 radical (unpaired) electrons. The van der Waals surface area contributed by atoms with Crippen molar-refractivity contribution in [3.05, 3.63) is 66.4 Å². The minimum Gasteiger partial charge on any atom is -0.308 e. The molecule has 0 aliphatic rings. The van der Waals surface area contributed by atoms with Crippen molar-refractivity contribution in [2.45, 2.75) is 17.6 Å². The summed E-state index contributed by atoms with van der Waals surface area (Å²) in [7, 11) is -0.668. The highest BCUT2D eigenvalue weighted by atomic mass is 32.2. The molecule has 2 aromatic carbocycles. The van der Waals surface area contributed by atoms with Gasteiger partial charge in [-0.15, -0.1) is 0 Å². The van der Waals surface area contributed by atoms with Crippen molar-refractivity contribution in [2.24, 2.45) is 0 Å². The van der Waals surface area contributed by atoms with Crippen LogP contribution in [0.25, 0.3) is 11.1 Å². The van der Waals surface area contributed by atoms with Crippen molar-refractivity contribution in [1.82, 2.24) is 14.7 Å². The molecule has 10 heteroatoms. The molecule has 0 atom stereocenters. The molecule has 0 aliphatic carbocycles. The van der Waals surface area contributed by atoms with Gasteiger partial charge in [0.15, 0.2) is 11.5 Å². The van der Waals surface area contributed by atoms with E-state index in [2.05, 4.69) is 9.82 Å². The average Bonchev–Trinajstić information content (AvgIpc) is 3.05. The number of hydrogen-bond acceptors (Lipinski definition) is 4. The third-order valence-electron chi connectivity index (χ3n) is 4.33. The molecule has 30 heavy (non-hydrogen) atoms. The van der Waals surface area contributed by atoms with Crippen molar-refractivity contribution in [3.8, 4) is 11.1 Å². The standard InChI is InChI=1S/C20H21F3N4O2S/c1-26(2)13-14-27-18(20(21,22)23)17(15-9-5-3-6-10-15)19(24-27)25-30(28,29)16-11-7-4-8-12-16/h3-12H,13-14H2,1-2H3,(H,24,25). The summed E-state index contributed by atoms with van der Waals surface area (Å²) in [5, 5.41) is 4.02. The van der Waals surface area contributed by atoms with Crippen LogP contribution in [-0.4, -0.2) is 43.7 Å². The van der Waals surface area contributed by atoms with Crippen LogP contribution in [0.5, 0.6) is 0 Å². The van der Waals surface area contributed by atoms with E-state index in [9.17, 15) is 21.6 Å². The number of anilines is 1. The van der Waals surface area contributed by atoms with E-state index in [1.807, 2.05) is 0 Å². The number of nitrogens with one attached hydrogen (secondary N) is 1. The van der Waals surface area contributed by atoms with Crippen LogP contribution in [0.3, 0.4) is 0 Å². The Kier molecular flexibility index (Phi) is 6.18. The first-order valence-corrected chi connectivity index (χ1v) is 10.5. The van der Waals surface area contributed by atoms with Gasteiger partial charge in [0, 0.05) is 6.54 Å². The van der Waals surface area contributed by atoms with Crippen molar-refractivity contribution in [1.29, 1.82) is 0 Å². The number of likely N-dealkylation sites (N-methyl/N-ethyl adjacent to an activating group) is 1. The molecule has 6 nitrogen and oxygen atoms in total. The molecule has 0 amide bonds. The highest BCUT2D eigenvalue weighted by Gasteiger charge is 2.41. The molecule has 0 spiro atoms. The second-order valence-corrected chi connectivity index (χ2v) is 8.56. The number of nitrogens with zero attached hydrogens (tertiary/aromatic N) is 3. The van der Waals surface area contributed by atoms with Gasteiger partial charge in [-0.1, -0.05) is 48.5 Å². The SMILES string of the molecule is CN(C)CCn1nc(NS(=O)(=O)c2ccccc2)c(-c2ccccc2)c1C(F)(F)F. The smallest absolute Gasteiger partial charge is 0.308 e. The van der Waals surface area contributed by atoms with Gasteiger partial charge >= 0.3 is 6.18 Å². The average molecular weight is 438 g/mol. The van der Waals surface area contributed by atoms with Gasteiger partial charge in [0.2, 0.25) is 0 Å². The summed E-state index contributed by atoms with van der Waals surface area (Å²) in [4.78, 5) is 1.65. The van der Waals surface area contributed by atoms with Crippen LogP contribution in [0.4, 0.5) is 19.0 Å². The Hall–Kier alpha value is -2.85. The normalized spacial score (nSPS) is 12.3. The van der Waals surface area contributed by atoms with E-state index in [4.69, 9.17) is 0 Å². The Balaban J connectivity index is 2.18. The van der Waals surface area contributed by atoms with Crippen molar-refractivity contribution in [3.63, 3.8) is 0 Å². The lowest BCUT2D eigenvalue weighted by Gasteiger charge is -2.15. The minimum absolute atomic E-state index is 0.0608. The Morgan fingerprint density at radius 2 is 1.57 bits per heavy atom. The number of benzene rings is 2. The van der Waals surface area contributed by atoms with Gasteiger partial charge in [-0.25, -0.2) is 8.42 Å². The van der Waals surface area contributed by atoms with E-state index < -0.39 is 21.9 Å². The van der Waals surface area contributed by atoms with Gasteiger partial charge in [-0.3, -0.25) is 9.40 Å². The van der Waals surface area contributed by atoms with Crippen LogP contribution in [0, 0.1) is 0 Å². The van der Waals surface area contributed by atoms with Gasteiger partial charge < -0.3 is 4.90 Å². The largest absolute Gasteiger partial charge is 0.433 e. The highest BCUT2D eigenvalue weighted by molar-refractivity contribution is 7.92.